The van der Waals surface area contributed by atoms with Gasteiger partial charge in [-0.15, -0.1) is 0 Å². The Kier molecular flexibility index (Phi) is 2.89. The summed E-state index contributed by atoms with van der Waals surface area (Å²) >= 11 is 0. The van der Waals surface area contributed by atoms with Crippen molar-refractivity contribution >= 4 is 11.8 Å². The molecule has 2 N–H and O–H groups in total. The number of hydrogen-bond acceptors (Lipinski definition) is 2. The van der Waals surface area contributed by atoms with Crippen LogP contribution in [0.15, 0.2) is 0 Å². The van der Waals surface area contributed by atoms with Gasteiger partial charge in [0, 0.05) is 19.0 Å². The van der Waals surface area contributed by atoms with Crippen molar-refractivity contribution in [1.82, 2.24) is 4.90 Å². The van der Waals surface area contributed by atoms with Gasteiger partial charge in [-0.25, -0.2) is 0 Å². The van der Waals surface area contributed by atoms with Crippen LogP contribution in [0.3, 0.4) is 0 Å². The van der Waals surface area contributed by atoms with Gasteiger partial charge in [0.25, 0.3) is 0 Å². The van der Waals surface area contributed by atoms with Crippen LogP contribution in [0.1, 0.15) is 51.9 Å². The van der Waals surface area contributed by atoms with E-state index in [0.717, 1.165) is 17.8 Å². The summed E-state index contributed by atoms with van der Waals surface area (Å²) in [5.74, 6) is 2.23. The molecule has 5 aliphatic rings. The van der Waals surface area contributed by atoms with Gasteiger partial charge in [-0.1, -0.05) is 0 Å². The van der Waals surface area contributed by atoms with Crippen molar-refractivity contribution in [3.05, 3.63) is 0 Å². The second-order valence-electron chi connectivity index (χ2n) is 8.31. The summed E-state index contributed by atoms with van der Waals surface area (Å²) in [6, 6.07) is 0.280. The summed E-state index contributed by atoms with van der Waals surface area (Å²) in [7, 11) is 0. The number of primary amides is 1. The molecule has 21 heavy (non-hydrogen) atoms. The molecular formula is C17H26N2O2. The van der Waals surface area contributed by atoms with Crippen molar-refractivity contribution in [3.63, 3.8) is 0 Å². The molecule has 1 aliphatic heterocycles. The standard InChI is InChI=1S/C17H26N2O2/c1-10(19-9-14(16(18)21)5-15(19)20)17-6-11-2-12(7-17)4-13(3-11)8-17/h10-14H,2-9H2,1H3,(H2,18,21)/t10-,11?,12?,13?,14-,17?/m1/s1. The Morgan fingerprint density at radius 2 is 1.71 bits per heavy atom. The van der Waals surface area contributed by atoms with Crippen LogP contribution >= 0.6 is 0 Å². The van der Waals surface area contributed by atoms with Crippen LogP contribution in [0.2, 0.25) is 0 Å². The summed E-state index contributed by atoms with van der Waals surface area (Å²) in [6.07, 6.45) is 8.48. The monoisotopic (exact) mass is 290 g/mol. The van der Waals surface area contributed by atoms with Crippen molar-refractivity contribution in [2.75, 3.05) is 6.54 Å². The van der Waals surface area contributed by atoms with Crippen molar-refractivity contribution in [2.45, 2.75) is 57.9 Å². The molecule has 5 fully saturated rings. The smallest absolute Gasteiger partial charge is 0.223 e. The molecule has 0 aromatic carbocycles. The highest BCUT2D eigenvalue weighted by molar-refractivity contribution is 5.88. The Morgan fingerprint density at radius 1 is 1.19 bits per heavy atom. The molecule has 4 heteroatoms. The number of carbonyl (C=O) groups is 2. The summed E-state index contributed by atoms with van der Waals surface area (Å²) in [5.41, 5.74) is 5.74. The van der Waals surface area contributed by atoms with Crippen LogP contribution in [0.5, 0.6) is 0 Å². The normalized spacial score (nSPS) is 46.1. The van der Waals surface area contributed by atoms with Gasteiger partial charge in [0.05, 0.1) is 5.92 Å². The first-order chi connectivity index (χ1) is 9.97. The van der Waals surface area contributed by atoms with E-state index in [1.165, 1.54) is 38.5 Å². The first-order valence-corrected chi connectivity index (χ1v) is 8.55. The molecule has 4 aliphatic carbocycles. The van der Waals surface area contributed by atoms with Crippen LogP contribution in [0.25, 0.3) is 0 Å². The van der Waals surface area contributed by atoms with Crippen LogP contribution in [0.4, 0.5) is 0 Å². The van der Waals surface area contributed by atoms with E-state index in [-0.39, 0.29) is 23.8 Å². The fourth-order valence-corrected chi connectivity index (χ4v) is 6.32. The highest BCUT2D eigenvalue weighted by atomic mass is 16.2. The van der Waals surface area contributed by atoms with Gasteiger partial charge >= 0.3 is 0 Å². The summed E-state index contributed by atoms with van der Waals surface area (Å²) < 4.78 is 0. The van der Waals surface area contributed by atoms with E-state index in [9.17, 15) is 9.59 Å². The van der Waals surface area contributed by atoms with Crippen LogP contribution in [-0.4, -0.2) is 29.3 Å². The SMILES string of the molecule is C[C@@H](N1C[C@H](C(N)=O)CC1=O)C12CC3CC(CC(C3)C1)C2. The van der Waals surface area contributed by atoms with Crippen LogP contribution in [-0.2, 0) is 9.59 Å². The molecule has 4 bridgehead atoms. The molecule has 0 aromatic heterocycles. The zero-order chi connectivity index (χ0) is 14.8. The average Bonchev–Trinajstić information content (AvgIpc) is 2.78. The largest absolute Gasteiger partial charge is 0.369 e. The molecule has 1 heterocycles. The van der Waals surface area contributed by atoms with Gasteiger partial charge in [-0.05, 0) is 68.6 Å². The minimum absolute atomic E-state index is 0.141. The van der Waals surface area contributed by atoms with Crippen molar-refractivity contribution in [3.8, 4) is 0 Å². The number of nitrogens with two attached hydrogens (primary N) is 1. The quantitative estimate of drug-likeness (QED) is 0.863. The van der Waals surface area contributed by atoms with E-state index in [1.54, 1.807) is 0 Å². The Hall–Kier alpha value is -1.06. The van der Waals surface area contributed by atoms with Gasteiger partial charge < -0.3 is 10.6 Å². The minimum Gasteiger partial charge on any atom is -0.369 e. The predicted molar refractivity (Wildman–Crippen MR) is 79.1 cm³/mol. The van der Waals surface area contributed by atoms with E-state index >= 15 is 0 Å². The molecule has 116 valence electrons. The summed E-state index contributed by atoms with van der Waals surface area (Å²) in [5, 5.41) is 0. The molecule has 5 rings (SSSR count). The predicted octanol–water partition coefficient (Wildman–Crippen LogP) is 1.93. The van der Waals surface area contributed by atoms with Gasteiger partial charge in [0.15, 0.2) is 0 Å². The first kappa shape index (κ1) is 13.6. The highest BCUT2D eigenvalue weighted by Gasteiger charge is 2.55. The molecule has 4 saturated carbocycles. The second kappa shape index (κ2) is 4.47. The first-order valence-electron chi connectivity index (χ1n) is 8.55. The Morgan fingerprint density at radius 3 is 2.14 bits per heavy atom. The number of rotatable bonds is 3. The molecule has 0 aromatic rings. The maximum atomic E-state index is 12.3. The van der Waals surface area contributed by atoms with E-state index in [2.05, 4.69) is 6.92 Å². The molecule has 4 nitrogen and oxygen atoms in total. The third-order valence-corrected chi connectivity index (χ3v) is 7.00. The Balaban J connectivity index is 1.56. The lowest BCUT2D eigenvalue weighted by Crippen LogP contribution is -2.56. The van der Waals surface area contributed by atoms with E-state index in [0.29, 0.717) is 18.4 Å². The third-order valence-electron chi connectivity index (χ3n) is 7.00. The third kappa shape index (κ3) is 2.01. The highest BCUT2D eigenvalue weighted by Crippen LogP contribution is 2.62. The molecule has 2 amide bonds. The average molecular weight is 290 g/mol. The van der Waals surface area contributed by atoms with Gasteiger partial charge in [0.1, 0.15) is 0 Å². The Bertz CT molecular complexity index is 452. The molecule has 0 radical (unpaired) electrons. The number of nitrogens with zero attached hydrogens (tertiary/aromatic N) is 1. The topological polar surface area (TPSA) is 63.4 Å². The van der Waals surface area contributed by atoms with Crippen molar-refractivity contribution < 1.29 is 9.59 Å². The molecule has 1 saturated heterocycles. The molecule has 0 spiro atoms. The minimum atomic E-state index is -0.316. The van der Waals surface area contributed by atoms with Crippen molar-refractivity contribution in [1.29, 1.82) is 0 Å². The summed E-state index contributed by atoms with van der Waals surface area (Å²) in [4.78, 5) is 25.7. The maximum Gasteiger partial charge on any atom is 0.223 e. The molecular weight excluding hydrogens is 264 g/mol. The number of hydrogen-bond donors (Lipinski definition) is 1. The second-order valence-corrected chi connectivity index (χ2v) is 8.31. The van der Waals surface area contributed by atoms with E-state index in [4.69, 9.17) is 5.73 Å². The van der Waals surface area contributed by atoms with Gasteiger partial charge in [-0.3, -0.25) is 9.59 Å². The van der Waals surface area contributed by atoms with Crippen molar-refractivity contribution in [2.24, 2.45) is 34.8 Å². The lowest BCUT2D eigenvalue weighted by molar-refractivity contribution is -0.140. The van der Waals surface area contributed by atoms with E-state index < -0.39 is 0 Å². The molecule has 0 unspecified atom stereocenters. The number of amides is 2. The fraction of sp³-hybridized carbons (Fsp3) is 0.882. The van der Waals surface area contributed by atoms with Gasteiger partial charge in [0.2, 0.25) is 11.8 Å². The maximum absolute atomic E-state index is 12.3. The lowest BCUT2D eigenvalue weighted by Gasteiger charge is -2.60. The van der Waals surface area contributed by atoms with E-state index in [1.807, 2.05) is 4.90 Å². The number of likely N-dealkylation sites (tertiary alicyclic amines) is 1. The van der Waals surface area contributed by atoms with Crippen LogP contribution in [0, 0.1) is 29.1 Å². The summed E-state index contributed by atoms with van der Waals surface area (Å²) in [6.45, 7) is 2.78. The van der Waals surface area contributed by atoms with Crippen LogP contribution < -0.4 is 5.73 Å². The Labute approximate surface area is 126 Å². The lowest BCUT2D eigenvalue weighted by atomic mass is 9.47. The zero-order valence-electron chi connectivity index (χ0n) is 12.9. The van der Waals surface area contributed by atoms with Gasteiger partial charge in [-0.2, -0.15) is 0 Å². The zero-order valence-corrected chi connectivity index (χ0v) is 12.9. The molecule has 2 atom stereocenters. The fourth-order valence-electron chi connectivity index (χ4n) is 6.32. The number of carbonyl (C=O) groups excluding carboxylic acids is 2.